The van der Waals surface area contributed by atoms with Crippen LogP contribution in [-0.4, -0.2) is 27.9 Å². The van der Waals surface area contributed by atoms with Crippen LogP contribution in [0.5, 0.6) is 11.5 Å². The molecule has 0 bridgehead atoms. The lowest BCUT2D eigenvalue weighted by molar-refractivity contribution is 0.415. The van der Waals surface area contributed by atoms with Gasteiger partial charge in [-0.15, -0.1) is 0 Å². The molecule has 154 valence electrons. The molecule has 1 heterocycles. The van der Waals surface area contributed by atoms with E-state index in [1.165, 1.54) is 0 Å². The van der Waals surface area contributed by atoms with Gasteiger partial charge in [0.25, 0.3) is 0 Å². The quantitative estimate of drug-likeness (QED) is 0.286. The number of aromatic hydroxyl groups is 1. The van der Waals surface area contributed by atoms with E-state index >= 15 is 0 Å². The lowest BCUT2D eigenvalue weighted by Crippen LogP contribution is -2.12. The number of rotatable bonds is 5. The van der Waals surface area contributed by atoms with E-state index in [4.69, 9.17) is 20.5 Å². The van der Waals surface area contributed by atoms with Gasteiger partial charge in [0, 0.05) is 16.7 Å². The summed E-state index contributed by atoms with van der Waals surface area (Å²) in [6.45, 7) is 2.04. The van der Waals surface area contributed by atoms with Crippen LogP contribution in [0.4, 0.5) is 0 Å². The fourth-order valence-electron chi connectivity index (χ4n) is 3.26. The summed E-state index contributed by atoms with van der Waals surface area (Å²) in [5.41, 5.74) is 5.21. The van der Waals surface area contributed by atoms with Crippen LogP contribution in [0.15, 0.2) is 84.0 Å². The Kier molecular flexibility index (Phi) is 5.62. The molecule has 0 aliphatic heterocycles. The van der Waals surface area contributed by atoms with Crippen molar-refractivity contribution in [2.24, 2.45) is 10.9 Å². The molecular weight excluding hydrogens is 388 g/mol. The van der Waals surface area contributed by atoms with Gasteiger partial charge in [0.2, 0.25) is 0 Å². The standard InChI is InChI=1S/C25H22N4O2/c1-16-7-9-17(10-8-16)21-15-22(18-11-13-19(31-2)14-12-18)28-25(27-21)24(29-26)20-5-3-4-6-23(20)30/h3-15,30H,26H2,1-2H3/b29-24+. The summed E-state index contributed by atoms with van der Waals surface area (Å²) in [4.78, 5) is 9.44. The zero-order valence-corrected chi connectivity index (χ0v) is 17.3. The highest BCUT2D eigenvalue weighted by Crippen LogP contribution is 2.27. The highest BCUT2D eigenvalue weighted by Gasteiger charge is 2.17. The van der Waals surface area contributed by atoms with Gasteiger partial charge < -0.3 is 15.7 Å². The third-order valence-electron chi connectivity index (χ3n) is 4.96. The Hall–Kier alpha value is -4.19. The number of phenolic OH excluding ortho intramolecular Hbond substituents is 1. The van der Waals surface area contributed by atoms with Crippen molar-refractivity contribution in [3.8, 4) is 34.0 Å². The minimum Gasteiger partial charge on any atom is -0.507 e. The molecule has 1 aromatic heterocycles. The van der Waals surface area contributed by atoms with E-state index in [0.29, 0.717) is 22.8 Å². The molecule has 6 heteroatoms. The van der Waals surface area contributed by atoms with Crippen LogP contribution in [0.25, 0.3) is 22.5 Å². The first-order chi connectivity index (χ1) is 15.1. The van der Waals surface area contributed by atoms with Gasteiger partial charge in [-0.05, 0) is 49.4 Å². The van der Waals surface area contributed by atoms with E-state index in [9.17, 15) is 5.11 Å². The number of phenols is 1. The lowest BCUT2D eigenvalue weighted by atomic mass is 10.0. The summed E-state index contributed by atoms with van der Waals surface area (Å²) < 4.78 is 5.26. The van der Waals surface area contributed by atoms with Crippen LogP contribution in [-0.2, 0) is 0 Å². The molecule has 6 nitrogen and oxygen atoms in total. The first kappa shape index (κ1) is 20.1. The number of aromatic nitrogens is 2. The third kappa shape index (κ3) is 4.23. The van der Waals surface area contributed by atoms with Gasteiger partial charge in [0.1, 0.15) is 17.2 Å². The minimum atomic E-state index is 0.0574. The van der Waals surface area contributed by atoms with Crippen LogP contribution < -0.4 is 10.6 Å². The predicted octanol–water partition coefficient (Wildman–Crippen LogP) is 4.54. The number of benzene rings is 3. The molecule has 0 aliphatic carbocycles. The van der Waals surface area contributed by atoms with E-state index in [2.05, 4.69) is 5.10 Å². The largest absolute Gasteiger partial charge is 0.507 e. The van der Waals surface area contributed by atoms with Crippen molar-refractivity contribution in [3.63, 3.8) is 0 Å². The number of nitrogens with zero attached hydrogens (tertiary/aromatic N) is 3. The maximum Gasteiger partial charge on any atom is 0.181 e. The monoisotopic (exact) mass is 410 g/mol. The van der Waals surface area contributed by atoms with Crippen molar-refractivity contribution in [2.45, 2.75) is 6.92 Å². The number of hydrogen-bond donors (Lipinski definition) is 2. The van der Waals surface area contributed by atoms with Gasteiger partial charge in [0.05, 0.1) is 18.5 Å². The van der Waals surface area contributed by atoms with Gasteiger partial charge >= 0.3 is 0 Å². The zero-order chi connectivity index (χ0) is 21.8. The SMILES string of the molecule is COc1ccc(-c2cc(-c3ccc(C)cc3)nc(/C(=N/N)c3ccccc3O)n2)cc1. The summed E-state index contributed by atoms with van der Waals surface area (Å²) in [5.74, 6) is 6.86. The maximum atomic E-state index is 10.3. The number of para-hydroxylation sites is 1. The van der Waals surface area contributed by atoms with Crippen molar-refractivity contribution in [2.75, 3.05) is 7.11 Å². The lowest BCUT2D eigenvalue weighted by Gasteiger charge is -2.12. The number of nitrogens with two attached hydrogens (primary N) is 1. The average molecular weight is 410 g/mol. The summed E-state index contributed by atoms with van der Waals surface area (Å²) in [7, 11) is 1.63. The van der Waals surface area contributed by atoms with Crippen molar-refractivity contribution < 1.29 is 9.84 Å². The van der Waals surface area contributed by atoms with Crippen LogP contribution in [0.2, 0.25) is 0 Å². The van der Waals surface area contributed by atoms with Crippen LogP contribution in [0.3, 0.4) is 0 Å². The molecule has 0 radical (unpaired) electrons. The van der Waals surface area contributed by atoms with Crippen molar-refractivity contribution in [1.29, 1.82) is 0 Å². The van der Waals surface area contributed by atoms with Crippen molar-refractivity contribution in [3.05, 3.63) is 95.8 Å². The normalized spacial score (nSPS) is 11.4. The molecule has 3 N–H and O–H groups in total. The van der Waals surface area contributed by atoms with E-state index in [0.717, 1.165) is 28.1 Å². The molecule has 0 spiro atoms. The average Bonchev–Trinajstić information content (AvgIpc) is 2.81. The van der Waals surface area contributed by atoms with Crippen LogP contribution in [0, 0.1) is 6.92 Å². The van der Waals surface area contributed by atoms with Crippen LogP contribution in [0.1, 0.15) is 17.0 Å². The van der Waals surface area contributed by atoms with E-state index in [-0.39, 0.29) is 5.75 Å². The molecule has 0 atom stereocenters. The fraction of sp³-hybridized carbons (Fsp3) is 0.0800. The Morgan fingerprint density at radius 2 is 1.45 bits per heavy atom. The van der Waals surface area contributed by atoms with E-state index in [1.807, 2.05) is 61.5 Å². The Labute approximate surface area is 180 Å². The second kappa shape index (κ2) is 8.67. The molecule has 0 fully saturated rings. The fourth-order valence-corrected chi connectivity index (χ4v) is 3.26. The van der Waals surface area contributed by atoms with Gasteiger partial charge in [0.15, 0.2) is 5.82 Å². The second-order valence-electron chi connectivity index (χ2n) is 7.05. The first-order valence-electron chi connectivity index (χ1n) is 9.76. The van der Waals surface area contributed by atoms with Gasteiger partial charge in [-0.2, -0.15) is 5.10 Å². The van der Waals surface area contributed by atoms with Crippen molar-refractivity contribution >= 4 is 5.71 Å². The topological polar surface area (TPSA) is 93.6 Å². The minimum absolute atomic E-state index is 0.0574. The Morgan fingerprint density at radius 1 is 0.871 bits per heavy atom. The molecule has 0 aliphatic rings. The highest BCUT2D eigenvalue weighted by atomic mass is 16.5. The summed E-state index contributed by atoms with van der Waals surface area (Å²) in [6.07, 6.45) is 0. The molecule has 0 unspecified atom stereocenters. The van der Waals surface area contributed by atoms with E-state index < -0.39 is 0 Å². The van der Waals surface area contributed by atoms with Gasteiger partial charge in [-0.25, -0.2) is 9.97 Å². The van der Waals surface area contributed by atoms with Gasteiger partial charge in [-0.3, -0.25) is 0 Å². The number of ether oxygens (including phenoxy) is 1. The smallest absolute Gasteiger partial charge is 0.181 e. The van der Waals surface area contributed by atoms with Crippen molar-refractivity contribution in [1.82, 2.24) is 9.97 Å². The molecule has 4 aromatic rings. The summed E-state index contributed by atoms with van der Waals surface area (Å²) in [6, 6.07) is 24.5. The number of methoxy groups -OCH3 is 1. The molecule has 3 aromatic carbocycles. The molecule has 31 heavy (non-hydrogen) atoms. The molecule has 0 saturated heterocycles. The molecule has 0 saturated carbocycles. The summed E-state index contributed by atoms with van der Waals surface area (Å²) >= 11 is 0. The third-order valence-corrected chi connectivity index (χ3v) is 4.96. The highest BCUT2D eigenvalue weighted by molar-refractivity contribution is 6.12. The zero-order valence-electron chi connectivity index (χ0n) is 17.3. The first-order valence-corrected chi connectivity index (χ1v) is 9.76. The second-order valence-corrected chi connectivity index (χ2v) is 7.05. The Morgan fingerprint density at radius 3 is 2.00 bits per heavy atom. The number of hydrazone groups is 1. The number of aryl methyl sites for hydroxylation is 1. The van der Waals surface area contributed by atoms with Crippen LogP contribution >= 0.6 is 0 Å². The van der Waals surface area contributed by atoms with Gasteiger partial charge in [-0.1, -0.05) is 42.0 Å². The Balaban J connectivity index is 1.90. The summed E-state index contributed by atoms with van der Waals surface area (Å²) in [5, 5.41) is 14.2. The molecular formula is C25H22N4O2. The molecule has 4 rings (SSSR count). The Bertz CT molecular complexity index is 1230. The molecule has 0 amide bonds. The predicted molar refractivity (Wildman–Crippen MR) is 122 cm³/mol. The maximum absolute atomic E-state index is 10.3. The number of hydrogen-bond acceptors (Lipinski definition) is 6. The van der Waals surface area contributed by atoms with E-state index in [1.54, 1.807) is 31.4 Å².